The van der Waals surface area contributed by atoms with Gasteiger partial charge in [0.1, 0.15) is 11.6 Å². The highest BCUT2D eigenvalue weighted by molar-refractivity contribution is 6.30. The number of nitrogens with zero attached hydrogens (tertiary/aromatic N) is 1. The molecule has 0 aliphatic rings. The zero-order valence-corrected chi connectivity index (χ0v) is 11.4. The lowest BCUT2D eigenvalue weighted by Gasteiger charge is -2.04. The highest BCUT2D eigenvalue weighted by Crippen LogP contribution is 2.20. The van der Waals surface area contributed by atoms with Crippen LogP contribution in [0.15, 0.2) is 18.2 Å². The van der Waals surface area contributed by atoms with E-state index >= 15 is 0 Å². The van der Waals surface area contributed by atoms with Gasteiger partial charge in [-0.1, -0.05) is 24.9 Å². The maximum absolute atomic E-state index is 13.6. The maximum Gasteiger partial charge on any atom is 0.259 e. The zero-order chi connectivity index (χ0) is 14.7. The molecule has 0 atom stereocenters. The monoisotopic (exact) mass is 299 g/mol. The van der Waals surface area contributed by atoms with Gasteiger partial charge in [0, 0.05) is 11.8 Å². The Bertz CT molecular complexity index is 643. The van der Waals surface area contributed by atoms with E-state index in [2.05, 4.69) is 15.5 Å². The van der Waals surface area contributed by atoms with E-state index in [1.807, 2.05) is 6.92 Å². The van der Waals surface area contributed by atoms with Crippen molar-refractivity contribution in [2.24, 2.45) is 0 Å². The number of aryl methyl sites for hydroxylation is 1. The van der Waals surface area contributed by atoms with E-state index in [0.29, 0.717) is 0 Å². The Morgan fingerprint density at radius 3 is 2.80 bits per heavy atom. The predicted octanol–water partition coefficient (Wildman–Crippen LogP) is 3.55. The van der Waals surface area contributed by atoms with Gasteiger partial charge in [-0.25, -0.2) is 8.78 Å². The molecule has 1 aromatic carbocycles. The first-order valence-corrected chi connectivity index (χ1v) is 6.39. The number of hydrogen-bond donors (Lipinski definition) is 2. The van der Waals surface area contributed by atoms with Crippen molar-refractivity contribution in [2.45, 2.75) is 19.8 Å². The van der Waals surface area contributed by atoms with E-state index in [-0.39, 0.29) is 10.8 Å². The van der Waals surface area contributed by atoms with Crippen LogP contribution in [0.5, 0.6) is 0 Å². The number of amides is 1. The van der Waals surface area contributed by atoms with Gasteiger partial charge < -0.3 is 5.32 Å². The molecule has 0 radical (unpaired) electrons. The number of anilines is 1. The fourth-order valence-electron chi connectivity index (χ4n) is 1.70. The van der Waals surface area contributed by atoms with Crippen molar-refractivity contribution in [3.05, 3.63) is 46.1 Å². The van der Waals surface area contributed by atoms with Gasteiger partial charge in [-0.15, -0.1) is 0 Å². The van der Waals surface area contributed by atoms with Crippen LogP contribution in [0.2, 0.25) is 5.02 Å². The number of rotatable bonds is 4. The Labute approximate surface area is 119 Å². The molecule has 1 aromatic heterocycles. The topological polar surface area (TPSA) is 57.8 Å². The van der Waals surface area contributed by atoms with E-state index in [1.54, 1.807) is 6.07 Å². The molecule has 2 aromatic rings. The minimum Gasteiger partial charge on any atom is -0.305 e. The van der Waals surface area contributed by atoms with Gasteiger partial charge >= 0.3 is 0 Å². The van der Waals surface area contributed by atoms with E-state index in [4.69, 9.17) is 11.6 Å². The van der Waals surface area contributed by atoms with E-state index in [9.17, 15) is 13.6 Å². The Hall–Kier alpha value is -1.95. The highest BCUT2D eigenvalue weighted by atomic mass is 35.5. The lowest BCUT2D eigenvalue weighted by Crippen LogP contribution is -2.14. The van der Waals surface area contributed by atoms with Gasteiger partial charge in [0.25, 0.3) is 5.91 Å². The third-order valence-corrected chi connectivity index (χ3v) is 2.94. The van der Waals surface area contributed by atoms with Gasteiger partial charge in [0.05, 0.1) is 10.6 Å². The van der Waals surface area contributed by atoms with Crippen molar-refractivity contribution in [2.75, 3.05) is 5.32 Å². The van der Waals surface area contributed by atoms with Crippen molar-refractivity contribution in [1.82, 2.24) is 10.2 Å². The Kier molecular flexibility index (Phi) is 4.34. The molecular formula is C13H12ClF2N3O. The molecule has 0 saturated carbocycles. The second kappa shape index (κ2) is 6.00. The summed E-state index contributed by atoms with van der Waals surface area (Å²) in [5, 5.41) is 8.64. The molecule has 4 nitrogen and oxygen atoms in total. The van der Waals surface area contributed by atoms with Gasteiger partial charge in [-0.3, -0.25) is 9.89 Å². The van der Waals surface area contributed by atoms with Crippen LogP contribution in [0.4, 0.5) is 14.6 Å². The average Bonchev–Trinajstić information content (AvgIpc) is 2.81. The normalized spacial score (nSPS) is 10.6. The fraction of sp³-hybridized carbons (Fsp3) is 0.231. The van der Waals surface area contributed by atoms with E-state index in [0.717, 1.165) is 30.7 Å². The van der Waals surface area contributed by atoms with Gasteiger partial charge in [0.15, 0.2) is 5.82 Å². The summed E-state index contributed by atoms with van der Waals surface area (Å²) in [5.41, 5.74) is 0.428. The summed E-state index contributed by atoms with van der Waals surface area (Å²) in [6.07, 6.45) is 1.71. The molecular weight excluding hydrogens is 288 g/mol. The number of carbonyl (C=O) groups is 1. The first-order chi connectivity index (χ1) is 9.51. The van der Waals surface area contributed by atoms with Gasteiger partial charge in [-0.2, -0.15) is 5.10 Å². The minimum absolute atomic E-state index is 0.258. The third kappa shape index (κ3) is 3.14. The van der Waals surface area contributed by atoms with Crippen LogP contribution in [-0.2, 0) is 6.42 Å². The molecule has 0 fully saturated rings. The standard InChI is InChI=1S/C13H12ClF2N3O/c1-2-3-7-4-12(19-18-7)17-13(20)8-5-11(16)9(14)6-10(8)15/h4-6H,2-3H2,1H3,(H2,17,18,19,20). The summed E-state index contributed by atoms with van der Waals surface area (Å²) in [5.74, 6) is -2.27. The van der Waals surface area contributed by atoms with Gasteiger partial charge in [-0.05, 0) is 18.6 Å². The smallest absolute Gasteiger partial charge is 0.259 e. The molecule has 7 heteroatoms. The summed E-state index contributed by atoms with van der Waals surface area (Å²) in [4.78, 5) is 11.9. The molecule has 0 saturated heterocycles. The maximum atomic E-state index is 13.6. The number of aromatic amines is 1. The molecule has 106 valence electrons. The van der Waals surface area contributed by atoms with E-state index in [1.165, 1.54) is 0 Å². The summed E-state index contributed by atoms with van der Waals surface area (Å²) in [6.45, 7) is 2.00. The van der Waals surface area contributed by atoms with Crippen molar-refractivity contribution >= 4 is 23.3 Å². The number of halogens is 3. The summed E-state index contributed by atoms with van der Waals surface area (Å²) in [6, 6.07) is 3.16. The summed E-state index contributed by atoms with van der Waals surface area (Å²) < 4.78 is 26.8. The van der Waals surface area contributed by atoms with Crippen molar-refractivity contribution in [1.29, 1.82) is 0 Å². The third-order valence-electron chi connectivity index (χ3n) is 2.65. The molecule has 2 rings (SSSR count). The first-order valence-electron chi connectivity index (χ1n) is 6.01. The molecule has 1 amide bonds. The van der Waals surface area contributed by atoms with Crippen LogP contribution < -0.4 is 5.32 Å². The Balaban J connectivity index is 2.17. The molecule has 0 bridgehead atoms. The first kappa shape index (κ1) is 14.5. The largest absolute Gasteiger partial charge is 0.305 e. The Morgan fingerprint density at radius 2 is 2.10 bits per heavy atom. The van der Waals surface area contributed by atoms with Crippen LogP contribution in [-0.4, -0.2) is 16.1 Å². The van der Waals surface area contributed by atoms with Crippen molar-refractivity contribution in [3.63, 3.8) is 0 Å². The van der Waals surface area contributed by atoms with Crippen LogP contribution in [0, 0.1) is 11.6 Å². The number of hydrogen-bond acceptors (Lipinski definition) is 2. The second-order valence-electron chi connectivity index (χ2n) is 4.23. The molecule has 20 heavy (non-hydrogen) atoms. The number of H-pyrrole nitrogens is 1. The lowest BCUT2D eigenvalue weighted by molar-refractivity contribution is 0.102. The number of benzene rings is 1. The SMILES string of the molecule is CCCc1cc(NC(=O)c2cc(F)c(Cl)cc2F)n[nH]1. The van der Waals surface area contributed by atoms with Gasteiger partial charge in [0.2, 0.25) is 0 Å². The van der Waals surface area contributed by atoms with Crippen LogP contribution in [0.3, 0.4) is 0 Å². The molecule has 0 aliphatic heterocycles. The van der Waals surface area contributed by atoms with Crippen molar-refractivity contribution in [3.8, 4) is 0 Å². The van der Waals surface area contributed by atoms with Crippen LogP contribution in [0.1, 0.15) is 29.4 Å². The predicted molar refractivity (Wildman–Crippen MR) is 71.9 cm³/mol. The number of nitrogens with one attached hydrogen (secondary N) is 2. The highest BCUT2D eigenvalue weighted by Gasteiger charge is 2.16. The number of carbonyl (C=O) groups excluding carboxylic acids is 1. The summed E-state index contributed by atoms with van der Waals surface area (Å²) >= 11 is 5.42. The van der Waals surface area contributed by atoms with Crippen LogP contribution in [0.25, 0.3) is 0 Å². The molecule has 0 unspecified atom stereocenters. The average molecular weight is 300 g/mol. The fourth-order valence-corrected chi connectivity index (χ4v) is 1.85. The van der Waals surface area contributed by atoms with Crippen molar-refractivity contribution < 1.29 is 13.6 Å². The summed E-state index contributed by atoms with van der Waals surface area (Å²) in [7, 11) is 0. The van der Waals surface area contributed by atoms with E-state index < -0.39 is 23.1 Å². The molecule has 2 N–H and O–H groups in total. The molecule has 1 heterocycles. The van der Waals surface area contributed by atoms with Crippen LogP contribution >= 0.6 is 11.6 Å². The quantitative estimate of drug-likeness (QED) is 0.848. The Morgan fingerprint density at radius 1 is 1.35 bits per heavy atom. The zero-order valence-electron chi connectivity index (χ0n) is 10.6. The lowest BCUT2D eigenvalue weighted by atomic mass is 10.2. The second-order valence-corrected chi connectivity index (χ2v) is 4.64. The molecule has 0 aliphatic carbocycles. The number of aromatic nitrogens is 2. The minimum atomic E-state index is -0.891. The molecule has 0 spiro atoms.